The molecule has 3 aromatic heterocycles. The average Bonchev–Trinajstić information content (AvgIpc) is 3.54. The van der Waals surface area contributed by atoms with Crippen molar-refractivity contribution in [3.63, 3.8) is 0 Å². The Labute approximate surface area is 209 Å². The number of ether oxygens (including phenoxy) is 2. The number of anilines is 1. The molecule has 1 N–H and O–H groups in total. The van der Waals surface area contributed by atoms with Crippen molar-refractivity contribution in [2.45, 2.75) is 31.7 Å². The second kappa shape index (κ2) is 9.52. The number of benzene rings is 1. The standard InChI is InChI=1S/C26H25BN6O3/c27-20-14-30-33-24(29-13-18-3-1-7-28-12-18)11-21(31-26(20)33)19-4-2-8-32(15-19)25(34)10-17-5-6-22-23(9-17)36-16-35-22/h1,3,5-7,9,11-12,14,19,29H,2,4,8,10,13,15-16H2. The SMILES string of the molecule is [B]c1cnn2c(NCc3cccnc3)cc(C3CCCN(C(=O)Cc4ccc5c(c4)OCO5)C3)nc12. The number of nitrogens with zero attached hydrogens (tertiary/aromatic N) is 5. The van der Waals surface area contributed by atoms with Crippen LogP contribution in [0.3, 0.4) is 0 Å². The van der Waals surface area contributed by atoms with Gasteiger partial charge in [-0.05, 0) is 47.6 Å². The fraction of sp³-hybridized carbons (Fsp3) is 0.308. The molecule has 2 aliphatic rings. The second-order valence-corrected chi connectivity index (χ2v) is 9.16. The predicted octanol–water partition coefficient (Wildman–Crippen LogP) is 2.21. The molecule has 36 heavy (non-hydrogen) atoms. The highest BCUT2D eigenvalue weighted by molar-refractivity contribution is 6.36. The fourth-order valence-corrected chi connectivity index (χ4v) is 4.81. The lowest BCUT2D eigenvalue weighted by Crippen LogP contribution is -2.40. The van der Waals surface area contributed by atoms with Gasteiger partial charge in [-0.1, -0.05) is 12.1 Å². The van der Waals surface area contributed by atoms with Gasteiger partial charge in [0.05, 0.1) is 12.1 Å². The smallest absolute Gasteiger partial charge is 0.231 e. The summed E-state index contributed by atoms with van der Waals surface area (Å²) in [4.78, 5) is 24.1. The highest BCUT2D eigenvalue weighted by Crippen LogP contribution is 2.33. The third-order valence-corrected chi connectivity index (χ3v) is 6.70. The zero-order chi connectivity index (χ0) is 24.5. The van der Waals surface area contributed by atoms with Crippen LogP contribution in [0.4, 0.5) is 5.82 Å². The number of nitrogens with one attached hydrogen (secondary N) is 1. The number of likely N-dealkylation sites (tertiary alicyclic amines) is 1. The van der Waals surface area contributed by atoms with Gasteiger partial charge in [-0.2, -0.15) is 9.61 Å². The van der Waals surface area contributed by atoms with Crippen LogP contribution in [0.1, 0.15) is 35.6 Å². The summed E-state index contributed by atoms with van der Waals surface area (Å²) in [7, 11) is 6.18. The zero-order valence-corrected chi connectivity index (χ0v) is 19.8. The van der Waals surface area contributed by atoms with Gasteiger partial charge < -0.3 is 19.7 Å². The van der Waals surface area contributed by atoms with E-state index in [-0.39, 0.29) is 18.6 Å². The van der Waals surface area contributed by atoms with Crippen LogP contribution in [0.5, 0.6) is 11.5 Å². The van der Waals surface area contributed by atoms with Gasteiger partial charge in [0.2, 0.25) is 12.7 Å². The molecule has 1 aromatic carbocycles. The van der Waals surface area contributed by atoms with Crippen LogP contribution in [0.15, 0.2) is 55.0 Å². The predicted molar refractivity (Wildman–Crippen MR) is 135 cm³/mol. The summed E-state index contributed by atoms with van der Waals surface area (Å²) in [6.45, 7) is 2.17. The monoisotopic (exact) mass is 480 g/mol. The first-order valence-electron chi connectivity index (χ1n) is 12.1. The molecule has 180 valence electrons. The van der Waals surface area contributed by atoms with Crippen LogP contribution < -0.4 is 20.3 Å². The first kappa shape index (κ1) is 22.4. The van der Waals surface area contributed by atoms with Gasteiger partial charge in [-0.3, -0.25) is 9.78 Å². The summed E-state index contributed by atoms with van der Waals surface area (Å²) in [6.07, 6.45) is 7.38. The van der Waals surface area contributed by atoms with E-state index in [1.807, 2.05) is 47.5 Å². The molecule has 2 aliphatic heterocycles. The highest BCUT2D eigenvalue weighted by atomic mass is 16.7. The molecule has 1 atom stereocenters. The molecule has 1 unspecified atom stereocenters. The lowest BCUT2D eigenvalue weighted by molar-refractivity contribution is -0.131. The minimum absolute atomic E-state index is 0.0958. The number of carbonyl (C=O) groups excluding carboxylic acids is 1. The quantitative estimate of drug-likeness (QED) is 0.423. The van der Waals surface area contributed by atoms with E-state index in [1.54, 1.807) is 16.9 Å². The first-order valence-corrected chi connectivity index (χ1v) is 12.1. The van der Waals surface area contributed by atoms with E-state index in [4.69, 9.17) is 22.3 Å². The summed E-state index contributed by atoms with van der Waals surface area (Å²) in [6, 6.07) is 11.6. The number of aromatic nitrogens is 4. The molecule has 10 heteroatoms. The van der Waals surface area contributed by atoms with E-state index in [2.05, 4.69) is 15.4 Å². The minimum Gasteiger partial charge on any atom is -0.454 e. The van der Waals surface area contributed by atoms with Crippen molar-refractivity contribution in [1.82, 2.24) is 24.5 Å². The normalized spacial score (nSPS) is 16.9. The maximum atomic E-state index is 13.2. The van der Waals surface area contributed by atoms with Crippen LogP contribution in [0.2, 0.25) is 0 Å². The van der Waals surface area contributed by atoms with E-state index in [9.17, 15) is 4.79 Å². The molecule has 9 nitrogen and oxygen atoms in total. The molecule has 1 saturated heterocycles. The Bertz CT molecular complexity index is 1410. The molecule has 0 bridgehead atoms. The van der Waals surface area contributed by atoms with Crippen LogP contribution in [0.25, 0.3) is 5.65 Å². The Balaban J connectivity index is 1.20. The molecule has 2 radical (unpaired) electrons. The number of fused-ring (bicyclic) bond motifs is 2. The Kier molecular flexibility index (Phi) is 5.92. The number of piperidine rings is 1. The van der Waals surface area contributed by atoms with Crippen molar-refractivity contribution in [3.8, 4) is 11.5 Å². The van der Waals surface area contributed by atoms with Crippen LogP contribution in [-0.4, -0.2) is 58.1 Å². The van der Waals surface area contributed by atoms with Gasteiger partial charge >= 0.3 is 0 Å². The zero-order valence-electron chi connectivity index (χ0n) is 19.8. The molecular weight excluding hydrogens is 455 g/mol. The number of rotatable bonds is 6. The lowest BCUT2D eigenvalue weighted by Gasteiger charge is -2.33. The third kappa shape index (κ3) is 4.46. The molecule has 1 fully saturated rings. The number of pyridine rings is 1. The summed E-state index contributed by atoms with van der Waals surface area (Å²) < 4.78 is 12.6. The summed E-state index contributed by atoms with van der Waals surface area (Å²) in [5.74, 6) is 2.42. The lowest BCUT2D eigenvalue weighted by atomic mass is 9.93. The van der Waals surface area contributed by atoms with Crippen LogP contribution >= 0.6 is 0 Å². The topological polar surface area (TPSA) is 93.9 Å². The molecular formula is C26H25BN6O3. The fourth-order valence-electron chi connectivity index (χ4n) is 4.81. The molecule has 4 aromatic rings. The number of hydrogen-bond donors (Lipinski definition) is 1. The number of carbonyl (C=O) groups is 1. The van der Waals surface area contributed by atoms with Gasteiger partial charge in [0.15, 0.2) is 17.1 Å². The largest absolute Gasteiger partial charge is 0.454 e. The van der Waals surface area contributed by atoms with Crippen molar-refractivity contribution >= 4 is 30.7 Å². The van der Waals surface area contributed by atoms with E-state index in [0.29, 0.717) is 36.4 Å². The van der Waals surface area contributed by atoms with Gasteiger partial charge in [0.25, 0.3) is 0 Å². The maximum Gasteiger partial charge on any atom is 0.231 e. The number of amides is 1. The average molecular weight is 480 g/mol. The second-order valence-electron chi connectivity index (χ2n) is 9.16. The van der Waals surface area contributed by atoms with Crippen molar-refractivity contribution in [2.24, 2.45) is 0 Å². The molecule has 0 saturated carbocycles. The maximum absolute atomic E-state index is 13.2. The van der Waals surface area contributed by atoms with E-state index >= 15 is 0 Å². The summed E-state index contributed by atoms with van der Waals surface area (Å²) in [5, 5.41) is 7.84. The molecule has 1 amide bonds. The van der Waals surface area contributed by atoms with Crippen molar-refractivity contribution in [2.75, 3.05) is 25.2 Å². The molecule has 5 heterocycles. The van der Waals surface area contributed by atoms with Crippen LogP contribution in [-0.2, 0) is 17.8 Å². The Morgan fingerprint density at radius 1 is 1.14 bits per heavy atom. The van der Waals surface area contributed by atoms with Crippen molar-refractivity contribution in [3.05, 3.63) is 71.8 Å². The van der Waals surface area contributed by atoms with Gasteiger partial charge in [-0.15, -0.1) is 0 Å². The Hall–Kier alpha value is -4.08. The van der Waals surface area contributed by atoms with E-state index < -0.39 is 0 Å². The van der Waals surface area contributed by atoms with Crippen molar-refractivity contribution in [1.29, 1.82) is 0 Å². The van der Waals surface area contributed by atoms with Crippen molar-refractivity contribution < 1.29 is 14.3 Å². The number of hydrogen-bond acceptors (Lipinski definition) is 7. The van der Waals surface area contributed by atoms with E-state index in [1.165, 1.54) is 0 Å². The van der Waals surface area contributed by atoms with Gasteiger partial charge in [0, 0.05) is 50.2 Å². The van der Waals surface area contributed by atoms with Gasteiger partial charge in [-0.25, -0.2) is 4.98 Å². The third-order valence-electron chi connectivity index (χ3n) is 6.70. The minimum atomic E-state index is 0.0958. The summed E-state index contributed by atoms with van der Waals surface area (Å²) in [5.41, 5.74) is 4.02. The first-order chi connectivity index (χ1) is 17.6. The van der Waals surface area contributed by atoms with Crippen LogP contribution in [0, 0.1) is 0 Å². The molecule has 0 aliphatic carbocycles. The molecule has 6 rings (SSSR count). The molecule has 0 spiro atoms. The van der Waals surface area contributed by atoms with E-state index in [0.717, 1.165) is 47.8 Å². The van der Waals surface area contributed by atoms with Gasteiger partial charge in [0.1, 0.15) is 13.7 Å². The summed E-state index contributed by atoms with van der Waals surface area (Å²) >= 11 is 0. The Morgan fingerprint density at radius 2 is 2.06 bits per heavy atom. The highest BCUT2D eigenvalue weighted by Gasteiger charge is 2.27. The Morgan fingerprint density at radius 3 is 2.94 bits per heavy atom.